The number of phenols is 1. The fraction of sp³-hybridized carbons (Fsp3) is 0.364. The van der Waals surface area contributed by atoms with Gasteiger partial charge in [0.2, 0.25) is 5.91 Å². The average Bonchev–Trinajstić information content (AvgIpc) is 2.60. The van der Waals surface area contributed by atoms with Crippen molar-refractivity contribution in [2.45, 2.75) is 25.7 Å². The molecule has 0 radical (unpaired) electrons. The Morgan fingerprint density at radius 1 is 1.47 bits per heavy atom. The normalized spacial score (nSPS) is 23.9. The predicted octanol–water partition coefficient (Wildman–Crippen LogP) is 1.38. The van der Waals surface area contributed by atoms with Gasteiger partial charge in [-0.2, -0.15) is 0 Å². The average molecular weight is 205 g/mol. The molecule has 0 aromatic heterocycles. The van der Waals surface area contributed by atoms with Crippen molar-refractivity contribution in [2.24, 2.45) is 0 Å². The number of ether oxygens (including phenoxy) is 1. The number of hydrogen-bond donors (Lipinski definition) is 1. The lowest BCUT2D eigenvalue weighted by molar-refractivity contribution is -0.118. The van der Waals surface area contributed by atoms with Gasteiger partial charge in [-0.15, -0.1) is 0 Å². The molecule has 1 N–H and O–H groups in total. The van der Waals surface area contributed by atoms with Gasteiger partial charge in [-0.1, -0.05) is 0 Å². The smallest absolute Gasteiger partial charge is 0.229 e. The second-order valence-electron chi connectivity index (χ2n) is 3.88. The highest BCUT2D eigenvalue weighted by Gasteiger charge is 2.37. The molecule has 1 saturated heterocycles. The van der Waals surface area contributed by atoms with Crippen LogP contribution in [0.2, 0.25) is 0 Å². The van der Waals surface area contributed by atoms with Crippen LogP contribution in [0.3, 0.4) is 0 Å². The zero-order valence-electron chi connectivity index (χ0n) is 8.14. The molecule has 2 aliphatic heterocycles. The van der Waals surface area contributed by atoms with Gasteiger partial charge >= 0.3 is 0 Å². The molecule has 0 aliphatic carbocycles. The predicted molar refractivity (Wildman–Crippen MR) is 53.4 cm³/mol. The minimum atomic E-state index is -0.102. The van der Waals surface area contributed by atoms with Crippen molar-refractivity contribution in [2.75, 3.05) is 4.90 Å². The highest BCUT2D eigenvalue weighted by Crippen LogP contribution is 2.36. The Bertz CT molecular complexity index is 430. The van der Waals surface area contributed by atoms with E-state index in [0.29, 0.717) is 13.0 Å². The van der Waals surface area contributed by atoms with E-state index in [-0.39, 0.29) is 17.9 Å². The summed E-state index contributed by atoms with van der Waals surface area (Å²) >= 11 is 0. The number of aromatic hydroxyl groups is 1. The zero-order valence-corrected chi connectivity index (χ0v) is 8.14. The van der Waals surface area contributed by atoms with Crippen molar-refractivity contribution < 1.29 is 14.6 Å². The van der Waals surface area contributed by atoms with E-state index in [9.17, 15) is 9.90 Å². The van der Waals surface area contributed by atoms with Crippen molar-refractivity contribution in [3.05, 3.63) is 23.8 Å². The van der Waals surface area contributed by atoms with Gasteiger partial charge in [-0.3, -0.25) is 9.69 Å². The van der Waals surface area contributed by atoms with Crippen LogP contribution in [-0.2, 0) is 16.1 Å². The van der Waals surface area contributed by atoms with E-state index in [0.717, 1.165) is 17.7 Å². The standard InChI is InChI=1S/C11H11NO3/c13-8-1-2-9-7(5-8)6-15-11-4-3-10(14)12(9)11/h1-2,5,11,13H,3-4,6H2/t11-/m0/s1. The van der Waals surface area contributed by atoms with Crippen LogP contribution in [0.5, 0.6) is 5.75 Å². The van der Waals surface area contributed by atoms with Gasteiger partial charge in [0.15, 0.2) is 0 Å². The van der Waals surface area contributed by atoms with E-state index in [4.69, 9.17) is 4.74 Å². The van der Waals surface area contributed by atoms with Crippen LogP contribution in [0.1, 0.15) is 18.4 Å². The lowest BCUT2D eigenvalue weighted by Crippen LogP contribution is -2.38. The molecule has 1 fully saturated rings. The van der Waals surface area contributed by atoms with Gasteiger partial charge in [-0.05, 0) is 18.2 Å². The Morgan fingerprint density at radius 2 is 2.33 bits per heavy atom. The third-order valence-electron chi connectivity index (χ3n) is 2.92. The molecule has 3 rings (SSSR count). The molecule has 0 saturated carbocycles. The molecule has 15 heavy (non-hydrogen) atoms. The van der Waals surface area contributed by atoms with Crippen LogP contribution >= 0.6 is 0 Å². The minimum absolute atomic E-state index is 0.102. The maximum atomic E-state index is 11.6. The molecule has 4 nitrogen and oxygen atoms in total. The van der Waals surface area contributed by atoms with Gasteiger partial charge in [0, 0.05) is 18.4 Å². The molecular weight excluding hydrogens is 194 g/mol. The molecule has 2 aliphatic rings. The van der Waals surface area contributed by atoms with Crippen molar-refractivity contribution >= 4 is 11.6 Å². The molecule has 1 aromatic rings. The number of carbonyl (C=O) groups is 1. The molecule has 1 amide bonds. The summed E-state index contributed by atoms with van der Waals surface area (Å²) in [5, 5.41) is 9.34. The van der Waals surface area contributed by atoms with E-state index in [1.165, 1.54) is 0 Å². The minimum Gasteiger partial charge on any atom is -0.508 e. The maximum absolute atomic E-state index is 11.6. The number of nitrogens with zero attached hydrogens (tertiary/aromatic N) is 1. The summed E-state index contributed by atoms with van der Waals surface area (Å²) in [6.07, 6.45) is 1.21. The fourth-order valence-corrected chi connectivity index (χ4v) is 2.21. The Morgan fingerprint density at radius 3 is 3.20 bits per heavy atom. The van der Waals surface area contributed by atoms with E-state index in [1.54, 1.807) is 23.1 Å². The Balaban J connectivity index is 2.10. The summed E-state index contributed by atoms with van der Waals surface area (Å²) in [4.78, 5) is 13.3. The molecule has 4 heteroatoms. The molecular formula is C11H11NO3. The van der Waals surface area contributed by atoms with Gasteiger partial charge in [0.1, 0.15) is 12.0 Å². The summed E-state index contributed by atoms with van der Waals surface area (Å²) in [5.74, 6) is 0.314. The molecule has 2 heterocycles. The number of carbonyl (C=O) groups excluding carboxylic acids is 1. The van der Waals surface area contributed by atoms with Gasteiger partial charge < -0.3 is 9.84 Å². The van der Waals surface area contributed by atoms with E-state index < -0.39 is 0 Å². The molecule has 0 bridgehead atoms. The van der Waals surface area contributed by atoms with Crippen LogP contribution in [0.4, 0.5) is 5.69 Å². The number of amides is 1. The second kappa shape index (κ2) is 2.97. The fourth-order valence-electron chi connectivity index (χ4n) is 2.21. The number of anilines is 1. The third kappa shape index (κ3) is 1.22. The lowest BCUT2D eigenvalue weighted by atomic mass is 10.1. The van der Waals surface area contributed by atoms with Crippen LogP contribution in [0.25, 0.3) is 0 Å². The maximum Gasteiger partial charge on any atom is 0.229 e. The van der Waals surface area contributed by atoms with Crippen molar-refractivity contribution in [3.63, 3.8) is 0 Å². The van der Waals surface area contributed by atoms with Gasteiger partial charge in [0.05, 0.1) is 12.3 Å². The summed E-state index contributed by atoms with van der Waals surface area (Å²) in [6.45, 7) is 0.470. The van der Waals surface area contributed by atoms with Crippen molar-refractivity contribution in [1.29, 1.82) is 0 Å². The summed E-state index contributed by atoms with van der Waals surface area (Å²) in [6, 6.07) is 5.04. The third-order valence-corrected chi connectivity index (χ3v) is 2.92. The van der Waals surface area contributed by atoms with Crippen molar-refractivity contribution in [3.8, 4) is 5.75 Å². The first-order valence-corrected chi connectivity index (χ1v) is 5.01. The Labute approximate surface area is 87.1 Å². The largest absolute Gasteiger partial charge is 0.508 e. The summed E-state index contributed by atoms with van der Waals surface area (Å²) < 4.78 is 5.55. The highest BCUT2D eigenvalue weighted by molar-refractivity contribution is 5.97. The molecule has 78 valence electrons. The first-order valence-electron chi connectivity index (χ1n) is 5.01. The van der Waals surface area contributed by atoms with Crippen LogP contribution in [-0.4, -0.2) is 17.2 Å². The summed E-state index contributed by atoms with van der Waals surface area (Å²) in [5.41, 5.74) is 1.76. The number of benzene rings is 1. The number of rotatable bonds is 0. The molecule has 0 unspecified atom stereocenters. The number of phenolic OH excluding ortho intramolecular Hbond substituents is 1. The first kappa shape index (κ1) is 8.73. The Hall–Kier alpha value is -1.55. The quantitative estimate of drug-likeness (QED) is 0.696. The molecule has 1 aromatic carbocycles. The van der Waals surface area contributed by atoms with Crippen LogP contribution in [0, 0.1) is 0 Å². The van der Waals surface area contributed by atoms with Crippen LogP contribution in [0.15, 0.2) is 18.2 Å². The van der Waals surface area contributed by atoms with Crippen LogP contribution < -0.4 is 4.90 Å². The summed E-state index contributed by atoms with van der Waals surface area (Å²) in [7, 11) is 0. The molecule has 0 spiro atoms. The monoisotopic (exact) mass is 205 g/mol. The lowest BCUT2D eigenvalue weighted by Gasteiger charge is -2.31. The molecule has 1 atom stereocenters. The topological polar surface area (TPSA) is 49.8 Å². The SMILES string of the molecule is O=C1CC[C@@H]2OCc3cc(O)ccc3N12. The number of hydrogen-bond acceptors (Lipinski definition) is 3. The Kier molecular flexibility index (Phi) is 1.73. The highest BCUT2D eigenvalue weighted by atomic mass is 16.5. The van der Waals surface area contributed by atoms with E-state index in [1.807, 2.05) is 0 Å². The van der Waals surface area contributed by atoms with E-state index in [2.05, 4.69) is 0 Å². The van der Waals surface area contributed by atoms with Gasteiger partial charge in [0.25, 0.3) is 0 Å². The van der Waals surface area contributed by atoms with E-state index >= 15 is 0 Å². The van der Waals surface area contributed by atoms with Crippen molar-refractivity contribution in [1.82, 2.24) is 0 Å². The first-order chi connectivity index (χ1) is 7.25. The second-order valence-corrected chi connectivity index (χ2v) is 3.88. The zero-order chi connectivity index (χ0) is 10.4. The van der Waals surface area contributed by atoms with Gasteiger partial charge in [-0.25, -0.2) is 0 Å². The number of fused-ring (bicyclic) bond motifs is 3.